The molecule has 27 heavy (non-hydrogen) atoms. The van der Waals surface area contributed by atoms with E-state index >= 15 is 0 Å². The molecule has 2 aromatic rings. The first-order valence-electron chi connectivity index (χ1n) is 10.3. The zero-order valence-electron chi connectivity index (χ0n) is 17.1. The summed E-state index contributed by atoms with van der Waals surface area (Å²) in [4.78, 5) is 15.4. The van der Waals surface area contributed by atoms with E-state index in [1.165, 1.54) is 48.6 Å². The molecule has 1 amide bonds. The summed E-state index contributed by atoms with van der Waals surface area (Å²) in [7, 11) is 0. The Morgan fingerprint density at radius 1 is 1.07 bits per heavy atom. The Balaban J connectivity index is 1.74. The summed E-state index contributed by atoms with van der Waals surface area (Å²) in [6.07, 6.45) is 14.3. The van der Waals surface area contributed by atoms with Crippen LogP contribution in [-0.4, -0.2) is 17.4 Å². The second kappa shape index (κ2) is 11.4. The molecule has 0 bridgehead atoms. The van der Waals surface area contributed by atoms with Crippen molar-refractivity contribution in [1.82, 2.24) is 10.3 Å². The summed E-state index contributed by atoms with van der Waals surface area (Å²) in [5.74, 6) is -0.0145. The maximum Gasteiger partial charge on any atom is 0.244 e. The van der Waals surface area contributed by atoms with Gasteiger partial charge in [0.1, 0.15) is 0 Å². The topological polar surface area (TPSA) is 44.9 Å². The standard InChI is InChI=1S/C24H34N2O/c1-4-5-6-7-8-11-19(2)16-20(3)17-24(27)25-15-14-21-18-26-23-13-10-9-12-22(21)23/h9-10,12-13,16-18,26H,4-8,11,14-15H2,1-3H3,(H,25,27)/b19-16+,20-17-. The van der Waals surface area contributed by atoms with Crippen LogP contribution in [0.4, 0.5) is 0 Å². The van der Waals surface area contributed by atoms with Crippen LogP contribution in [0.15, 0.2) is 53.8 Å². The van der Waals surface area contributed by atoms with Crippen LogP contribution in [-0.2, 0) is 11.2 Å². The third-order valence-electron chi connectivity index (χ3n) is 4.88. The highest BCUT2D eigenvalue weighted by molar-refractivity contribution is 5.88. The average Bonchev–Trinajstić information content (AvgIpc) is 3.04. The molecule has 0 saturated heterocycles. The lowest BCUT2D eigenvalue weighted by atomic mass is 10.0. The number of para-hydroxylation sites is 1. The highest BCUT2D eigenvalue weighted by Gasteiger charge is 2.03. The molecule has 1 aromatic carbocycles. The number of fused-ring (bicyclic) bond motifs is 1. The normalized spacial score (nSPS) is 12.6. The minimum Gasteiger partial charge on any atom is -0.361 e. The highest BCUT2D eigenvalue weighted by atomic mass is 16.1. The van der Waals surface area contributed by atoms with E-state index in [0.717, 1.165) is 23.9 Å². The van der Waals surface area contributed by atoms with Crippen LogP contribution in [0.25, 0.3) is 10.9 Å². The zero-order valence-corrected chi connectivity index (χ0v) is 17.1. The molecule has 146 valence electrons. The first kappa shape index (κ1) is 21.0. The number of H-pyrrole nitrogens is 1. The summed E-state index contributed by atoms with van der Waals surface area (Å²) < 4.78 is 0. The van der Waals surface area contributed by atoms with E-state index in [9.17, 15) is 4.79 Å². The lowest BCUT2D eigenvalue weighted by molar-refractivity contribution is -0.116. The first-order valence-corrected chi connectivity index (χ1v) is 10.3. The van der Waals surface area contributed by atoms with Crippen molar-refractivity contribution in [2.75, 3.05) is 6.54 Å². The van der Waals surface area contributed by atoms with Gasteiger partial charge in [0.25, 0.3) is 0 Å². The van der Waals surface area contributed by atoms with E-state index in [-0.39, 0.29) is 5.91 Å². The lowest BCUT2D eigenvalue weighted by Crippen LogP contribution is -2.23. The molecule has 0 spiro atoms. The number of rotatable bonds is 11. The van der Waals surface area contributed by atoms with Crippen LogP contribution in [0.5, 0.6) is 0 Å². The molecule has 0 aliphatic rings. The Morgan fingerprint density at radius 3 is 2.67 bits per heavy atom. The fraction of sp³-hybridized carbons (Fsp3) is 0.458. The molecule has 0 saturated carbocycles. The second-order valence-electron chi connectivity index (χ2n) is 7.44. The number of hydrogen-bond donors (Lipinski definition) is 2. The minimum absolute atomic E-state index is 0.0145. The molecule has 1 heterocycles. The van der Waals surface area contributed by atoms with Crippen LogP contribution in [0.2, 0.25) is 0 Å². The minimum atomic E-state index is -0.0145. The third-order valence-corrected chi connectivity index (χ3v) is 4.88. The van der Waals surface area contributed by atoms with Crippen LogP contribution in [0.1, 0.15) is 64.9 Å². The Labute approximate surface area is 163 Å². The molecule has 3 nitrogen and oxygen atoms in total. The number of unbranched alkanes of at least 4 members (excludes halogenated alkanes) is 4. The van der Waals surface area contributed by atoms with Crippen LogP contribution in [0, 0.1) is 0 Å². The number of aromatic amines is 1. The lowest BCUT2D eigenvalue weighted by Gasteiger charge is -2.04. The summed E-state index contributed by atoms with van der Waals surface area (Å²) in [6, 6.07) is 8.26. The largest absolute Gasteiger partial charge is 0.361 e. The number of hydrogen-bond acceptors (Lipinski definition) is 1. The summed E-state index contributed by atoms with van der Waals surface area (Å²) >= 11 is 0. The van der Waals surface area contributed by atoms with E-state index in [1.807, 2.05) is 25.3 Å². The number of carbonyl (C=O) groups excluding carboxylic acids is 1. The Hall–Kier alpha value is -2.29. The fourth-order valence-corrected chi connectivity index (χ4v) is 3.43. The third kappa shape index (κ3) is 7.46. The molecular weight excluding hydrogens is 332 g/mol. The molecular formula is C24H34N2O. The van der Waals surface area contributed by atoms with Gasteiger partial charge in [0, 0.05) is 29.7 Å². The smallest absolute Gasteiger partial charge is 0.244 e. The van der Waals surface area contributed by atoms with Gasteiger partial charge in [0.15, 0.2) is 0 Å². The van der Waals surface area contributed by atoms with Gasteiger partial charge in [-0.3, -0.25) is 4.79 Å². The Kier molecular flexibility index (Phi) is 8.90. The number of aromatic nitrogens is 1. The molecule has 0 radical (unpaired) electrons. The van der Waals surface area contributed by atoms with Gasteiger partial charge in [-0.05, 0) is 50.3 Å². The van der Waals surface area contributed by atoms with Crippen molar-refractivity contribution in [2.45, 2.75) is 65.7 Å². The van der Waals surface area contributed by atoms with Crippen LogP contribution < -0.4 is 5.32 Å². The van der Waals surface area contributed by atoms with Gasteiger partial charge in [-0.25, -0.2) is 0 Å². The van der Waals surface area contributed by atoms with Crippen molar-refractivity contribution in [3.05, 3.63) is 59.3 Å². The van der Waals surface area contributed by atoms with Gasteiger partial charge in [-0.1, -0.05) is 62.5 Å². The van der Waals surface area contributed by atoms with E-state index in [4.69, 9.17) is 0 Å². The number of carbonyl (C=O) groups is 1. The van der Waals surface area contributed by atoms with E-state index in [0.29, 0.717) is 6.54 Å². The molecule has 3 heteroatoms. The molecule has 0 unspecified atom stereocenters. The molecule has 0 fully saturated rings. The number of nitrogens with one attached hydrogen (secondary N) is 2. The fourth-order valence-electron chi connectivity index (χ4n) is 3.43. The van der Waals surface area contributed by atoms with Gasteiger partial charge in [0.05, 0.1) is 0 Å². The van der Waals surface area contributed by atoms with Crippen molar-refractivity contribution in [3.8, 4) is 0 Å². The number of amides is 1. The average molecular weight is 367 g/mol. The van der Waals surface area contributed by atoms with Crippen molar-refractivity contribution < 1.29 is 4.79 Å². The maximum absolute atomic E-state index is 12.1. The van der Waals surface area contributed by atoms with Crippen molar-refractivity contribution >= 4 is 16.8 Å². The van der Waals surface area contributed by atoms with Crippen LogP contribution >= 0.6 is 0 Å². The number of benzene rings is 1. The number of allylic oxidation sites excluding steroid dienone is 3. The van der Waals surface area contributed by atoms with Gasteiger partial charge < -0.3 is 10.3 Å². The van der Waals surface area contributed by atoms with E-state index in [2.05, 4.69) is 42.4 Å². The molecule has 0 atom stereocenters. The molecule has 2 N–H and O–H groups in total. The molecule has 1 aromatic heterocycles. The quantitative estimate of drug-likeness (QED) is 0.282. The van der Waals surface area contributed by atoms with Gasteiger partial charge >= 0.3 is 0 Å². The summed E-state index contributed by atoms with van der Waals surface area (Å²) in [6.45, 7) is 7.04. The molecule has 0 aliphatic heterocycles. The SMILES string of the molecule is CCCCCCC/C(C)=C/C(C)=C\C(=O)NCCc1c[nH]c2ccccc12. The van der Waals surface area contributed by atoms with Gasteiger partial charge in [-0.15, -0.1) is 0 Å². The summed E-state index contributed by atoms with van der Waals surface area (Å²) in [5.41, 5.74) is 4.76. The first-order chi connectivity index (χ1) is 13.1. The predicted molar refractivity (Wildman–Crippen MR) is 116 cm³/mol. The molecule has 2 rings (SSSR count). The maximum atomic E-state index is 12.1. The van der Waals surface area contributed by atoms with E-state index < -0.39 is 0 Å². The van der Waals surface area contributed by atoms with Crippen molar-refractivity contribution in [3.63, 3.8) is 0 Å². The second-order valence-corrected chi connectivity index (χ2v) is 7.44. The zero-order chi connectivity index (χ0) is 19.5. The highest BCUT2D eigenvalue weighted by Crippen LogP contribution is 2.17. The van der Waals surface area contributed by atoms with Crippen molar-refractivity contribution in [1.29, 1.82) is 0 Å². The van der Waals surface area contributed by atoms with Gasteiger partial charge in [0.2, 0.25) is 5.91 Å². The monoisotopic (exact) mass is 366 g/mol. The van der Waals surface area contributed by atoms with Crippen LogP contribution in [0.3, 0.4) is 0 Å². The Morgan fingerprint density at radius 2 is 1.85 bits per heavy atom. The van der Waals surface area contributed by atoms with Crippen molar-refractivity contribution in [2.24, 2.45) is 0 Å². The van der Waals surface area contributed by atoms with Gasteiger partial charge in [-0.2, -0.15) is 0 Å². The predicted octanol–water partition coefficient (Wildman–Crippen LogP) is 6.08. The molecule has 0 aliphatic carbocycles. The van der Waals surface area contributed by atoms with E-state index in [1.54, 1.807) is 6.08 Å². The summed E-state index contributed by atoms with van der Waals surface area (Å²) in [5, 5.41) is 4.23. The Bertz CT molecular complexity index is 783.